The summed E-state index contributed by atoms with van der Waals surface area (Å²) in [5, 5.41) is 12.0. The molecule has 1 N–H and O–H groups in total. The molecule has 0 unspecified atom stereocenters. The van der Waals surface area contributed by atoms with Crippen molar-refractivity contribution < 1.29 is 9.53 Å². The van der Waals surface area contributed by atoms with Gasteiger partial charge in [-0.25, -0.2) is 4.98 Å². The molecule has 3 aromatic rings. The first-order valence-corrected chi connectivity index (χ1v) is 9.96. The number of ether oxygens (including phenoxy) is 1. The van der Waals surface area contributed by atoms with E-state index in [1.54, 1.807) is 6.20 Å². The summed E-state index contributed by atoms with van der Waals surface area (Å²) in [6.45, 7) is 5.28. The maximum absolute atomic E-state index is 12.5. The molecule has 142 valence electrons. The van der Waals surface area contributed by atoms with Gasteiger partial charge in [-0.3, -0.25) is 4.79 Å². The lowest BCUT2D eigenvalue weighted by molar-refractivity contribution is 0.0901. The number of nitrogens with one attached hydrogen (secondary N) is 1. The van der Waals surface area contributed by atoms with Crippen molar-refractivity contribution in [1.82, 2.24) is 20.5 Å². The highest BCUT2D eigenvalue weighted by molar-refractivity contribution is 7.17. The van der Waals surface area contributed by atoms with E-state index in [2.05, 4.69) is 20.4 Å². The van der Waals surface area contributed by atoms with Crippen molar-refractivity contribution in [3.05, 3.63) is 47.1 Å². The SMILES string of the molecule is CC1(C)Cc2nc(N3CCOc4ccc(-c5cccnn5)cc43)sc2C(=O)N1. The average molecular weight is 393 g/mol. The van der Waals surface area contributed by atoms with Crippen molar-refractivity contribution in [2.45, 2.75) is 25.8 Å². The first kappa shape index (κ1) is 17.1. The maximum Gasteiger partial charge on any atom is 0.263 e. The molecule has 0 fully saturated rings. The largest absolute Gasteiger partial charge is 0.490 e. The van der Waals surface area contributed by atoms with Crippen molar-refractivity contribution in [2.24, 2.45) is 0 Å². The van der Waals surface area contributed by atoms with Gasteiger partial charge in [0.1, 0.15) is 17.2 Å². The average Bonchev–Trinajstić information content (AvgIpc) is 3.10. The topological polar surface area (TPSA) is 80.2 Å². The molecule has 2 aliphatic heterocycles. The lowest BCUT2D eigenvalue weighted by atomic mass is 9.94. The van der Waals surface area contributed by atoms with E-state index in [0.717, 1.165) is 39.9 Å². The molecule has 2 aliphatic rings. The van der Waals surface area contributed by atoms with Gasteiger partial charge in [0, 0.05) is 23.7 Å². The van der Waals surface area contributed by atoms with Gasteiger partial charge in [-0.05, 0) is 44.2 Å². The number of carbonyl (C=O) groups excluding carboxylic acids is 1. The van der Waals surface area contributed by atoms with Crippen LogP contribution in [0.4, 0.5) is 10.8 Å². The summed E-state index contributed by atoms with van der Waals surface area (Å²) in [6.07, 6.45) is 2.38. The van der Waals surface area contributed by atoms with Gasteiger partial charge in [-0.1, -0.05) is 11.3 Å². The number of benzene rings is 1. The summed E-state index contributed by atoms with van der Waals surface area (Å²) in [6, 6.07) is 9.77. The Morgan fingerprint density at radius 2 is 2.18 bits per heavy atom. The van der Waals surface area contributed by atoms with Crippen LogP contribution in [0.3, 0.4) is 0 Å². The molecule has 5 rings (SSSR count). The molecule has 0 atom stereocenters. The van der Waals surface area contributed by atoms with Gasteiger partial charge in [0.05, 0.1) is 23.6 Å². The number of carbonyl (C=O) groups is 1. The molecule has 0 saturated carbocycles. The van der Waals surface area contributed by atoms with Gasteiger partial charge in [-0.2, -0.15) is 10.2 Å². The summed E-state index contributed by atoms with van der Waals surface area (Å²) in [5.74, 6) is 0.758. The van der Waals surface area contributed by atoms with E-state index < -0.39 is 0 Å². The summed E-state index contributed by atoms with van der Waals surface area (Å²) in [7, 11) is 0. The van der Waals surface area contributed by atoms with Crippen LogP contribution in [0.25, 0.3) is 11.3 Å². The van der Waals surface area contributed by atoms with E-state index >= 15 is 0 Å². The fourth-order valence-electron chi connectivity index (χ4n) is 3.61. The third-order valence-electron chi connectivity index (χ3n) is 4.87. The van der Waals surface area contributed by atoms with Gasteiger partial charge in [0.15, 0.2) is 5.13 Å². The summed E-state index contributed by atoms with van der Waals surface area (Å²) >= 11 is 1.44. The molecule has 4 heterocycles. The van der Waals surface area contributed by atoms with Crippen LogP contribution in [0.15, 0.2) is 36.5 Å². The van der Waals surface area contributed by atoms with Crippen molar-refractivity contribution in [2.75, 3.05) is 18.1 Å². The smallest absolute Gasteiger partial charge is 0.263 e. The highest BCUT2D eigenvalue weighted by Crippen LogP contribution is 2.42. The monoisotopic (exact) mass is 393 g/mol. The minimum absolute atomic E-state index is 0.0446. The molecule has 0 spiro atoms. The second kappa shape index (κ2) is 6.27. The molecule has 7 nitrogen and oxygen atoms in total. The molecule has 8 heteroatoms. The number of nitrogens with zero attached hydrogens (tertiary/aromatic N) is 4. The number of hydrogen-bond donors (Lipinski definition) is 1. The normalized spacial score (nSPS) is 17.4. The molecule has 0 saturated heterocycles. The zero-order valence-corrected chi connectivity index (χ0v) is 16.4. The Bertz CT molecular complexity index is 1060. The molecule has 0 aliphatic carbocycles. The van der Waals surface area contributed by atoms with Crippen LogP contribution in [-0.2, 0) is 6.42 Å². The maximum atomic E-state index is 12.5. The van der Waals surface area contributed by atoms with Crippen LogP contribution in [0.1, 0.15) is 29.2 Å². The first-order chi connectivity index (χ1) is 13.5. The van der Waals surface area contributed by atoms with Crippen molar-refractivity contribution in [1.29, 1.82) is 0 Å². The van der Waals surface area contributed by atoms with Gasteiger partial charge < -0.3 is 15.0 Å². The molecule has 1 aromatic carbocycles. The Morgan fingerprint density at radius 3 is 3.00 bits per heavy atom. The van der Waals surface area contributed by atoms with Crippen LogP contribution >= 0.6 is 11.3 Å². The van der Waals surface area contributed by atoms with Crippen LogP contribution in [0, 0.1) is 0 Å². The number of hydrogen-bond acceptors (Lipinski definition) is 7. The second-order valence-corrected chi connectivity index (χ2v) is 8.56. The van der Waals surface area contributed by atoms with E-state index in [0.29, 0.717) is 18.0 Å². The van der Waals surface area contributed by atoms with Crippen LogP contribution in [-0.4, -0.2) is 39.8 Å². The van der Waals surface area contributed by atoms with Gasteiger partial charge in [0.2, 0.25) is 0 Å². The highest BCUT2D eigenvalue weighted by Gasteiger charge is 2.34. The predicted octanol–water partition coefficient (Wildman–Crippen LogP) is 3.20. The summed E-state index contributed by atoms with van der Waals surface area (Å²) in [4.78, 5) is 20.1. The second-order valence-electron chi connectivity index (χ2n) is 7.58. The van der Waals surface area contributed by atoms with Crippen molar-refractivity contribution >= 4 is 28.1 Å². The van der Waals surface area contributed by atoms with E-state index in [-0.39, 0.29) is 11.4 Å². The van der Waals surface area contributed by atoms with Gasteiger partial charge in [-0.15, -0.1) is 0 Å². The molecule has 2 aromatic heterocycles. The summed E-state index contributed by atoms with van der Waals surface area (Å²) in [5.41, 5.74) is 3.28. The predicted molar refractivity (Wildman–Crippen MR) is 107 cm³/mol. The number of fused-ring (bicyclic) bond motifs is 2. The molecular weight excluding hydrogens is 374 g/mol. The molecule has 28 heavy (non-hydrogen) atoms. The van der Waals surface area contributed by atoms with E-state index in [1.807, 2.05) is 44.2 Å². The quantitative estimate of drug-likeness (QED) is 0.720. The highest BCUT2D eigenvalue weighted by atomic mass is 32.1. The number of anilines is 2. The Labute approximate surface area is 166 Å². The van der Waals surface area contributed by atoms with E-state index in [4.69, 9.17) is 9.72 Å². The zero-order chi connectivity index (χ0) is 19.3. The third-order valence-corrected chi connectivity index (χ3v) is 5.99. The Morgan fingerprint density at radius 1 is 1.29 bits per heavy atom. The minimum Gasteiger partial charge on any atom is -0.490 e. The van der Waals surface area contributed by atoms with E-state index in [1.165, 1.54) is 11.3 Å². The molecular formula is C20H19N5O2S. The molecule has 0 bridgehead atoms. The third kappa shape index (κ3) is 2.90. The number of amides is 1. The number of thiazole rings is 1. The Balaban J connectivity index is 1.56. The zero-order valence-electron chi connectivity index (χ0n) is 15.6. The van der Waals surface area contributed by atoms with Crippen LogP contribution in [0.5, 0.6) is 5.75 Å². The molecule has 1 amide bonds. The van der Waals surface area contributed by atoms with Crippen LogP contribution in [0.2, 0.25) is 0 Å². The van der Waals surface area contributed by atoms with Crippen molar-refractivity contribution in [3.63, 3.8) is 0 Å². The van der Waals surface area contributed by atoms with Gasteiger partial charge in [0.25, 0.3) is 5.91 Å². The lowest BCUT2D eigenvalue weighted by Crippen LogP contribution is -2.48. The van der Waals surface area contributed by atoms with Crippen molar-refractivity contribution in [3.8, 4) is 17.0 Å². The van der Waals surface area contributed by atoms with Gasteiger partial charge >= 0.3 is 0 Å². The lowest BCUT2D eigenvalue weighted by Gasteiger charge is -2.29. The fraction of sp³-hybridized carbons (Fsp3) is 0.300. The Kier molecular flexibility index (Phi) is 3.83. The molecule has 0 radical (unpaired) electrons. The minimum atomic E-state index is -0.280. The number of aromatic nitrogens is 3. The van der Waals surface area contributed by atoms with E-state index in [9.17, 15) is 4.79 Å². The number of rotatable bonds is 2. The first-order valence-electron chi connectivity index (χ1n) is 9.15. The fourth-order valence-corrected chi connectivity index (χ4v) is 4.63. The standard InChI is InChI=1S/C20H19N5O2S/c1-20(2)11-14-17(18(26)23-20)28-19(22-14)25-8-9-27-16-6-5-12(10-15(16)25)13-4-3-7-21-24-13/h3-7,10H,8-9,11H2,1-2H3,(H,23,26). The van der Waals surface area contributed by atoms with Crippen LogP contribution < -0.4 is 15.0 Å². The summed E-state index contributed by atoms with van der Waals surface area (Å²) < 4.78 is 5.84. The Hall–Kier alpha value is -3.00.